The van der Waals surface area contributed by atoms with Crippen LogP contribution in [0.25, 0.3) is 0 Å². The monoisotopic (exact) mass is 477 g/mol. The number of cyclic esters (lactones) is 1. The van der Waals surface area contributed by atoms with Crippen molar-refractivity contribution in [3.05, 3.63) is 60.2 Å². The summed E-state index contributed by atoms with van der Waals surface area (Å²) in [5.74, 6) is 1.49. The topological polar surface area (TPSA) is 62.3 Å². The van der Waals surface area contributed by atoms with E-state index in [0.29, 0.717) is 37.8 Å². The third-order valence-electron chi connectivity index (χ3n) is 7.45. The molecule has 7 heteroatoms. The van der Waals surface area contributed by atoms with E-state index in [2.05, 4.69) is 34.1 Å². The predicted octanol–water partition coefficient (Wildman–Crippen LogP) is 4.28. The largest absolute Gasteiger partial charge is 0.492 e. The van der Waals surface area contributed by atoms with E-state index >= 15 is 0 Å². The molecule has 35 heavy (non-hydrogen) atoms. The van der Waals surface area contributed by atoms with E-state index < -0.39 is 0 Å². The Morgan fingerprint density at radius 3 is 2.49 bits per heavy atom. The molecule has 186 valence electrons. The Labute approximate surface area is 207 Å². The van der Waals surface area contributed by atoms with Crippen molar-refractivity contribution in [1.29, 1.82) is 0 Å². The maximum absolute atomic E-state index is 12.5. The highest BCUT2D eigenvalue weighted by Gasteiger charge is 2.46. The Kier molecular flexibility index (Phi) is 7.23. The number of carbonyl (C=O) groups is 2. The molecule has 5 rings (SSSR count). The predicted molar refractivity (Wildman–Crippen MR) is 135 cm³/mol. The lowest BCUT2D eigenvalue weighted by Crippen LogP contribution is -2.48. The molecular weight excluding hydrogens is 442 g/mol. The number of rotatable bonds is 8. The molecule has 0 spiro atoms. The highest BCUT2D eigenvalue weighted by Crippen LogP contribution is 2.46. The molecular formula is C28H35N3O4. The lowest BCUT2D eigenvalue weighted by molar-refractivity contribution is -0.133. The number of nitrogens with zero attached hydrogens (tertiary/aromatic N) is 3. The van der Waals surface area contributed by atoms with Gasteiger partial charge in [-0.3, -0.25) is 14.6 Å². The number of carbonyl (C=O) groups excluding carboxylic acids is 2. The van der Waals surface area contributed by atoms with Gasteiger partial charge in [0.25, 0.3) is 0 Å². The normalized spacial score (nSPS) is 23.0. The van der Waals surface area contributed by atoms with Gasteiger partial charge in [-0.25, -0.2) is 4.79 Å². The van der Waals surface area contributed by atoms with Gasteiger partial charge < -0.3 is 14.4 Å². The van der Waals surface area contributed by atoms with Crippen LogP contribution >= 0.6 is 0 Å². The highest BCUT2D eigenvalue weighted by molar-refractivity contribution is 5.88. The van der Waals surface area contributed by atoms with E-state index in [1.807, 2.05) is 30.3 Å². The zero-order valence-electron chi connectivity index (χ0n) is 20.5. The molecule has 2 atom stereocenters. The van der Waals surface area contributed by atoms with Crippen LogP contribution in [0.5, 0.6) is 5.75 Å². The van der Waals surface area contributed by atoms with Crippen molar-refractivity contribution in [1.82, 2.24) is 9.80 Å². The van der Waals surface area contributed by atoms with Crippen LogP contribution in [0.1, 0.15) is 44.1 Å². The number of ether oxygens (including phenoxy) is 2. The standard InChI is InChI=1S/C28H35N3O4/c1-21(32)31(27-20-26(27)22-6-3-2-4-7-22)24-12-15-29(16-13-24)17-19-34-25-10-8-23(9-11-25)30-14-5-18-35-28(30)33/h2-4,6-11,24,26-27H,5,12-20H2,1H3/t26-,27+/m0/s1. The van der Waals surface area contributed by atoms with Crippen LogP contribution in [0.3, 0.4) is 0 Å². The van der Waals surface area contributed by atoms with Gasteiger partial charge in [0.1, 0.15) is 12.4 Å². The molecule has 2 amide bonds. The molecule has 1 saturated carbocycles. The number of amides is 2. The number of likely N-dealkylation sites (tertiary alicyclic amines) is 1. The fraction of sp³-hybridized carbons (Fsp3) is 0.500. The SMILES string of the molecule is CC(=O)N(C1CCN(CCOc2ccc(N3CCCOC3=O)cc2)CC1)[C@@H]1C[C@H]1c1ccccc1. The maximum Gasteiger partial charge on any atom is 0.414 e. The highest BCUT2D eigenvalue weighted by atomic mass is 16.6. The number of hydrogen-bond acceptors (Lipinski definition) is 5. The first kappa shape index (κ1) is 23.7. The second kappa shape index (κ2) is 10.7. The van der Waals surface area contributed by atoms with Crippen molar-refractivity contribution < 1.29 is 19.1 Å². The Morgan fingerprint density at radius 2 is 1.80 bits per heavy atom. The molecule has 1 aliphatic carbocycles. The molecule has 2 saturated heterocycles. The molecule has 7 nitrogen and oxygen atoms in total. The summed E-state index contributed by atoms with van der Waals surface area (Å²) < 4.78 is 11.1. The van der Waals surface area contributed by atoms with Crippen LogP contribution in [-0.2, 0) is 9.53 Å². The third kappa shape index (κ3) is 5.61. The van der Waals surface area contributed by atoms with Gasteiger partial charge in [0.2, 0.25) is 5.91 Å². The van der Waals surface area contributed by atoms with E-state index in [1.165, 1.54) is 5.56 Å². The maximum atomic E-state index is 12.5. The smallest absolute Gasteiger partial charge is 0.414 e. The number of piperidine rings is 1. The quantitative estimate of drug-likeness (QED) is 0.568. The van der Waals surface area contributed by atoms with E-state index in [0.717, 1.165) is 56.8 Å². The molecule has 3 fully saturated rings. The van der Waals surface area contributed by atoms with Crippen molar-refractivity contribution >= 4 is 17.7 Å². The lowest BCUT2D eigenvalue weighted by atomic mass is 10.0. The van der Waals surface area contributed by atoms with Crippen molar-refractivity contribution in [3.8, 4) is 5.75 Å². The van der Waals surface area contributed by atoms with Gasteiger partial charge in [-0.2, -0.15) is 0 Å². The average Bonchev–Trinajstić information content (AvgIpc) is 3.67. The Bertz CT molecular complexity index is 1000. The van der Waals surface area contributed by atoms with Gasteiger partial charge in [-0.15, -0.1) is 0 Å². The minimum atomic E-state index is -0.283. The number of benzene rings is 2. The summed E-state index contributed by atoms with van der Waals surface area (Å²) in [6, 6.07) is 18.9. The first-order valence-electron chi connectivity index (χ1n) is 12.8. The fourth-order valence-corrected chi connectivity index (χ4v) is 5.53. The zero-order chi connectivity index (χ0) is 24.2. The molecule has 3 aliphatic rings. The van der Waals surface area contributed by atoms with Gasteiger partial charge >= 0.3 is 6.09 Å². The molecule has 0 unspecified atom stereocenters. The van der Waals surface area contributed by atoms with Crippen molar-refractivity contribution in [2.24, 2.45) is 0 Å². The Hall–Kier alpha value is -3.06. The second-order valence-corrected chi connectivity index (χ2v) is 9.78. The molecule has 0 aromatic heterocycles. The number of hydrogen-bond donors (Lipinski definition) is 0. The van der Waals surface area contributed by atoms with Crippen LogP contribution in [0.15, 0.2) is 54.6 Å². The van der Waals surface area contributed by atoms with Crippen LogP contribution < -0.4 is 9.64 Å². The second-order valence-electron chi connectivity index (χ2n) is 9.78. The van der Waals surface area contributed by atoms with Crippen molar-refractivity contribution in [2.45, 2.75) is 50.6 Å². The summed E-state index contributed by atoms with van der Waals surface area (Å²) in [4.78, 5) is 30.7. The van der Waals surface area contributed by atoms with E-state index in [9.17, 15) is 9.59 Å². The van der Waals surface area contributed by atoms with Gasteiger partial charge in [0.05, 0.1) is 6.61 Å². The average molecular weight is 478 g/mol. The van der Waals surface area contributed by atoms with E-state index in [1.54, 1.807) is 11.8 Å². The third-order valence-corrected chi connectivity index (χ3v) is 7.45. The minimum absolute atomic E-state index is 0.205. The molecule has 2 heterocycles. The number of anilines is 1. The van der Waals surface area contributed by atoms with Gasteiger partial charge in [-0.1, -0.05) is 30.3 Å². The van der Waals surface area contributed by atoms with Crippen LogP contribution in [-0.4, -0.2) is 73.3 Å². The van der Waals surface area contributed by atoms with Gasteiger partial charge in [0, 0.05) is 56.8 Å². The molecule has 0 N–H and O–H groups in total. The summed E-state index contributed by atoms with van der Waals surface area (Å²) in [6.07, 6.45) is 3.67. The van der Waals surface area contributed by atoms with Crippen molar-refractivity contribution in [2.75, 3.05) is 44.3 Å². The Balaban J connectivity index is 1.06. The van der Waals surface area contributed by atoms with Crippen molar-refractivity contribution in [3.63, 3.8) is 0 Å². The van der Waals surface area contributed by atoms with Crippen LogP contribution in [0.2, 0.25) is 0 Å². The lowest BCUT2D eigenvalue weighted by Gasteiger charge is -2.38. The van der Waals surface area contributed by atoms with E-state index in [-0.39, 0.29) is 12.0 Å². The summed E-state index contributed by atoms with van der Waals surface area (Å²) in [5, 5.41) is 0. The van der Waals surface area contributed by atoms with Gasteiger partial charge in [0.15, 0.2) is 0 Å². The molecule has 0 radical (unpaired) electrons. The Morgan fingerprint density at radius 1 is 1.06 bits per heavy atom. The molecule has 2 aromatic carbocycles. The summed E-state index contributed by atoms with van der Waals surface area (Å²) >= 11 is 0. The van der Waals surface area contributed by atoms with E-state index in [4.69, 9.17) is 9.47 Å². The summed E-state index contributed by atoms with van der Waals surface area (Å²) in [6.45, 7) is 6.35. The van der Waals surface area contributed by atoms with Crippen LogP contribution in [0, 0.1) is 0 Å². The molecule has 0 bridgehead atoms. The summed E-state index contributed by atoms with van der Waals surface area (Å²) in [5.41, 5.74) is 2.19. The zero-order valence-corrected chi connectivity index (χ0v) is 20.5. The van der Waals surface area contributed by atoms with Gasteiger partial charge in [-0.05, 0) is 55.5 Å². The summed E-state index contributed by atoms with van der Waals surface area (Å²) in [7, 11) is 0. The van der Waals surface area contributed by atoms with Crippen LogP contribution in [0.4, 0.5) is 10.5 Å². The first-order chi connectivity index (χ1) is 17.1. The molecule has 2 aromatic rings. The fourth-order valence-electron chi connectivity index (χ4n) is 5.53. The molecule has 2 aliphatic heterocycles. The minimum Gasteiger partial charge on any atom is -0.492 e. The first-order valence-corrected chi connectivity index (χ1v) is 12.8.